The summed E-state index contributed by atoms with van der Waals surface area (Å²) in [6.45, 7) is 8.75. The van der Waals surface area contributed by atoms with Crippen LogP contribution in [0.25, 0.3) is 0 Å². The van der Waals surface area contributed by atoms with E-state index in [9.17, 15) is 0 Å². The Morgan fingerprint density at radius 2 is 1.77 bits per heavy atom. The van der Waals surface area contributed by atoms with Crippen LogP contribution in [0.2, 0.25) is 0 Å². The zero-order valence-electron chi connectivity index (χ0n) is 8.67. The molecule has 1 aliphatic rings. The van der Waals surface area contributed by atoms with Crippen LogP contribution in [0.1, 0.15) is 20.3 Å². The second-order valence-corrected chi connectivity index (χ2v) is 3.58. The third-order valence-electron chi connectivity index (χ3n) is 2.41. The predicted molar refractivity (Wildman–Crippen MR) is 50.9 cm³/mol. The third-order valence-corrected chi connectivity index (χ3v) is 2.41. The van der Waals surface area contributed by atoms with Crippen LogP contribution in [-0.4, -0.2) is 39.6 Å². The van der Waals surface area contributed by atoms with E-state index in [1.807, 2.05) is 13.8 Å². The first-order valence-electron chi connectivity index (χ1n) is 5.06. The first-order chi connectivity index (χ1) is 6.33. The van der Waals surface area contributed by atoms with Crippen molar-refractivity contribution in [2.75, 3.05) is 39.6 Å². The Balaban J connectivity index is 2.33. The number of hydrogen-bond donors (Lipinski definition) is 0. The Hall–Kier alpha value is -0.120. The van der Waals surface area contributed by atoms with Crippen LogP contribution in [0.15, 0.2) is 0 Å². The van der Waals surface area contributed by atoms with E-state index < -0.39 is 0 Å². The Morgan fingerprint density at radius 1 is 1.15 bits per heavy atom. The van der Waals surface area contributed by atoms with E-state index in [1.165, 1.54) is 0 Å². The van der Waals surface area contributed by atoms with Gasteiger partial charge in [-0.25, -0.2) is 0 Å². The highest BCUT2D eigenvalue weighted by atomic mass is 16.5. The lowest BCUT2D eigenvalue weighted by Gasteiger charge is -2.26. The first-order valence-corrected chi connectivity index (χ1v) is 5.06. The molecule has 0 aromatic heterocycles. The molecule has 0 aromatic carbocycles. The SMILES string of the molecule is CCOCC1(COCC)CCOC1. The van der Waals surface area contributed by atoms with Crippen LogP contribution in [0.5, 0.6) is 0 Å². The van der Waals surface area contributed by atoms with Crippen molar-refractivity contribution in [3.8, 4) is 0 Å². The van der Waals surface area contributed by atoms with Gasteiger partial charge >= 0.3 is 0 Å². The monoisotopic (exact) mass is 188 g/mol. The molecule has 0 radical (unpaired) electrons. The predicted octanol–water partition coefficient (Wildman–Crippen LogP) is 1.47. The number of ether oxygens (including phenoxy) is 3. The van der Waals surface area contributed by atoms with Crippen LogP contribution in [0, 0.1) is 5.41 Å². The van der Waals surface area contributed by atoms with Gasteiger partial charge in [0.05, 0.1) is 19.8 Å². The fraction of sp³-hybridized carbons (Fsp3) is 1.00. The molecule has 0 amide bonds. The molecule has 13 heavy (non-hydrogen) atoms. The summed E-state index contributed by atoms with van der Waals surface area (Å²) in [5, 5.41) is 0. The Bertz CT molecular complexity index is 120. The van der Waals surface area contributed by atoms with Crippen molar-refractivity contribution in [2.45, 2.75) is 20.3 Å². The van der Waals surface area contributed by atoms with Crippen molar-refractivity contribution in [3.63, 3.8) is 0 Å². The largest absolute Gasteiger partial charge is 0.381 e. The molecule has 1 fully saturated rings. The van der Waals surface area contributed by atoms with E-state index in [2.05, 4.69) is 0 Å². The van der Waals surface area contributed by atoms with Gasteiger partial charge in [-0.1, -0.05) is 0 Å². The van der Waals surface area contributed by atoms with Crippen LogP contribution in [-0.2, 0) is 14.2 Å². The fourth-order valence-electron chi connectivity index (χ4n) is 1.56. The quantitative estimate of drug-likeness (QED) is 0.631. The van der Waals surface area contributed by atoms with Crippen LogP contribution in [0.4, 0.5) is 0 Å². The molecule has 0 spiro atoms. The molecule has 0 N–H and O–H groups in total. The van der Waals surface area contributed by atoms with E-state index >= 15 is 0 Å². The molecule has 0 bridgehead atoms. The molecule has 3 heteroatoms. The highest BCUT2D eigenvalue weighted by molar-refractivity contribution is 4.82. The minimum atomic E-state index is 0.131. The van der Waals surface area contributed by atoms with Gasteiger partial charge in [0.1, 0.15) is 0 Å². The van der Waals surface area contributed by atoms with E-state index in [4.69, 9.17) is 14.2 Å². The average Bonchev–Trinajstić information content (AvgIpc) is 2.61. The summed E-state index contributed by atoms with van der Waals surface area (Å²) in [4.78, 5) is 0. The van der Waals surface area contributed by atoms with Gasteiger partial charge < -0.3 is 14.2 Å². The fourth-order valence-corrected chi connectivity index (χ4v) is 1.56. The summed E-state index contributed by atoms with van der Waals surface area (Å²) in [5.74, 6) is 0. The topological polar surface area (TPSA) is 27.7 Å². The molecule has 0 atom stereocenters. The van der Waals surface area contributed by atoms with Gasteiger partial charge in [-0.3, -0.25) is 0 Å². The lowest BCUT2D eigenvalue weighted by molar-refractivity contribution is -0.0209. The normalized spacial score (nSPS) is 20.8. The van der Waals surface area contributed by atoms with Gasteiger partial charge in [-0.2, -0.15) is 0 Å². The lowest BCUT2D eigenvalue weighted by Crippen LogP contribution is -2.33. The molecule has 0 aliphatic carbocycles. The summed E-state index contributed by atoms with van der Waals surface area (Å²) in [7, 11) is 0. The summed E-state index contributed by atoms with van der Waals surface area (Å²) in [5.41, 5.74) is 0.131. The molecule has 1 saturated heterocycles. The van der Waals surface area contributed by atoms with Gasteiger partial charge in [-0.05, 0) is 20.3 Å². The highest BCUT2D eigenvalue weighted by Crippen LogP contribution is 2.29. The van der Waals surface area contributed by atoms with E-state index in [0.29, 0.717) is 0 Å². The molecule has 0 saturated carbocycles. The maximum atomic E-state index is 5.46. The van der Waals surface area contributed by atoms with Gasteiger partial charge in [0.25, 0.3) is 0 Å². The summed E-state index contributed by atoms with van der Waals surface area (Å²) < 4.78 is 16.3. The summed E-state index contributed by atoms with van der Waals surface area (Å²) >= 11 is 0. The van der Waals surface area contributed by atoms with Crippen molar-refractivity contribution in [2.24, 2.45) is 5.41 Å². The molecule has 0 aromatic rings. The maximum absolute atomic E-state index is 5.46. The van der Waals surface area contributed by atoms with E-state index in [1.54, 1.807) is 0 Å². The minimum absolute atomic E-state index is 0.131. The Morgan fingerprint density at radius 3 is 2.15 bits per heavy atom. The minimum Gasteiger partial charge on any atom is -0.381 e. The molecular weight excluding hydrogens is 168 g/mol. The van der Waals surface area contributed by atoms with Crippen molar-refractivity contribution in [3.05, 3.63) is 0 Å². The molecule has 0 unspecified atom stereocenters. The lowest BCUT2D eigenvalue weighted by atomic mass is 9.89. The molecule has 1 heterocycles. The zero-order valence-corrected chi connectivity index (χ0v) is 8.67. The molecule has 1 rings (SSSR count). The maximum Gasteiger partial charge on any atom is 0.0567 e. The third kappa shape index (κ3) is 3.25. The van der Waals surface area contributed by atoms with Crippen LogP contribution >= 0.6 is 0 Å². The second kappa shape index (κ2) is 5.58. The van der Waals surface area contributed by atoms with Crippen molar-refractivity contribution in [1.82, 2.24) is 0 Å². The molecule has 1 aliphatic heterocycles. The number of rotatable bonds is 6. The standard InChI is InChI=1S/C10H20O3/c1-3-11-7-10(8-12-4-2)5-6-13-9-10/h3-9H2,1-2H3. The molecular formula is C10H20O3. The van der Waals surface area contributed by atoms with Crippen LogP contribution < -0.4 is 0 Å². The smallest absolute Gasteiger partial charge is 0.0567 e. The van der Waals surface area contributed by atoms with E-state index in [-0.39, 0.29) is 5.41 Å². The molecule has 3 nitrogen and oxygen atoms in total. The van der Waals surface area contributed by atoms with Crippen molar-refractivity contribution in [1.29, 1.82) is 0 Å². The summed E-state index contributed by atoms with van der Waals surface area (Å²) in [6, 6.07) is 0. The van der Waals surface area contributed by atoms with Crippen molar-refractivity contribution >= 4 is 0 Å². The summed E-state index contributed by atoms with van der Waals surface area (Å²) in [6.07, 6.45) is 1.06. The van der Waals surface area contributed by atoms with Crippen LogP contribution in [0.3, 0.4) is 0 Å². The highest BCUT2D eigenvalue weighted by Gasteiger charge is 2.35. The van der Waals surface area contributed by atoms with Gasteiger partial charge in [0.2, 0.25) is 0 Å². The van der Waals surface area contributed by atoms with Crippen molar-refractivity contribution < 1.29 is 14.2 Å². The van der Waals surface area contributed by atoms with Gasteiger partial charge in [0, 0.05) is 25.2 Å². The van der Waals surface area contributed by atoms with E-state index in [0.717, 1.165) is 46.1 Å². The van der Waals surface area contributed by atoms with Gasteiger partial charge in [0.15, 0.2) is 0 Å². The van der Waals surface area contributed by atoms with Gasteiger partial charge in [-0.15, -0.1) is 0 Å². The first kappa shape index (κ1) is 11.0. The average molecular weight is 188 g/mol. The second-order valence-electron chi connectivity index (χ2n) is 3.58. The Kier molecular flexibility index (Phi) is 4.70. The number of hydrogen-bond acceptors (Lipinski definition) is 3. The molecule has 78 valence electrons. The Labute approximate surface area is 80.4 Å². The zero-order chi connectivity index (χ0) is 9.57.